The van der Waals surface area contributed by atoms with E-state index in [-0.39, 0.29) is 11.8 Å². The maximum atomic E-state index is 13.9. The Kier molecular flexibility index (Phi) is 7.13. The van der Waals surface area contributed by atoms with Crippen LogP contribution in [0.25, 0.3) is 10.9 Å². The van der Waals surface area contributed by atoms with Crippen molar-refractivity contribution in [2.24, 2.45) is 0 Å². The molecule has 0 aliphatic rings. The van der Waals surface area contributed by atoms with E-state index in [9.17, 15) is 9.59 Å². The molecule has 5 heteroatoms. The van der Waals surface area contributed by atoms with Crippen LogP contribution in [0.4, 0.5) is 5.69 Å². The molecule has 5 rings (SSSR count). The molecule has 5 aromatic rings. The molecule has 0 fully saturated rings. The van der Waals surface area contributed by atoms with E-state index >= 15 is 0 Å². The van der Waals surface area contributed by atoms with Crippen molar-refractivity contribution in [3.8, 4) is 0 Å². The Morgan fingerprint density at radius 3 is 2.08 bits per heavy atom. The Morgan fingerprint density at radius 2 is 1.41 bits per heavy atom. The molecule has 0 radical (unpaired) electrons. The van der Waals surface area contributed by atoms with E-state index in [0.29, 0.717) is 12.1 Å². The topological polar surface area (TPSA) is 74.0 Å². The number of anilines is 1. The van der Waals surface area contributed by atoms with Crippen molar-refractivity contribution >= 4 is 28.4 Å². The first-order valence-electron chi connectivity index (χ1n) is 12.4. The van der Waals surface area contributed by atoms with Gasteiger partial charge >= 0.3 is 0 Å². The lowest BCUT2D eigenvalue weighted by atomic mass is 9.90. The number of aromatic amines is 1. The second-order valence-corrected chi connectivity index (χ2v) is 9.24. The quantitative estimate of drug-likeness (QED) is 0.252. The van der Waals surface area contributed by atoms with Crippen molar-refractivity contribution in [1.29, 1.82) is 0 Å². The molecule has 184 valence electrons. The molecule has 0 unspecified atom stereocenters. The van der Waals surface area contributed by atoms with Gasteiger partial charge in [0.05, 0.1) is 5.92 Å². The van der Waals surface area contributed by atoms with E-state index in [1.807, 2.05) is 122 Å². The number of H-pyrrole nitrogens is 1. The molecule has 0 saturated heterocycles. The van der Waals surface area contributed by atoms with Gasteiger partial charge in [-0.2, -0.15) is 0 Å². The van der Waals surface area contributed by atoms with Gasteiger partial charge in [-0.25, -0.2) is 0 Å². The van der Waals surface area contributed by atoms with Crippen LogP contribution >= 0.6 is 0 Å². The molecular weight excluding hydrogens is 458 g/mol. The van der Waals surface area contributed by atoms with E-state index < -0.39 is 12.0 Å². The van der Waals surface area contributed by atoms with E-state index in [4.69, 9.17) is 0 Å². The Morgan fingerprint density at radius 1 is 0.757 bits per heavy atom. The summed E-state index contributed by atoms with van der Waals surface area (Å²) in [5, 5.41) is 7.13. The normalized spacial score (nSPS) is 11.8. The Labute approximate surface area is 216 Å². The molecule has 1 heterocycles. The van der Waals surface area contributed by atoms with Crippen LogP contribution in [-0.2, 0) is 16.0 Å². The van der Waals surface area contributed by atoms with Gasteiger partial charge in [0.2, 0.25) is 11.8 Å². The van der Waals surface area contributed by atoms with E-state index in [1.165, 1.54) is 0 Å². The first kappa shape index (κ1) is 24.1. The highest BCUT2D eigenvalue weighted by molar-refractivity contribution is 5.99. The smallest absolute Gasteiger partial charge is 0.247 e. The van der Waals surface area contributed by atoms with Gasteiger partial charge < -0.3 is 15.6 Å². The molecular formula is C32H29N3O2. The average molecular weight is 488 g/mol. The summed E-state index contributed by atoms with van der Waals surface area (Å²) in [6.45, 7) is 1.98. The fourth-order valence-electron chi connectivity index (χ4n) is 4.72. The van der Waals surface area contributed by atoms with Gasteiger partial charge in [-0.15, -0.1) is 0 Å². The molecule has 4 aromatic carbocycles. The first-order chi connectivity index (χ1) is 18.1. The van der Waals surface area contributed by atoms with Gasteiger partial charge in [0.25, 0.3) is 0 Å². The van der Waals surface area contributed by atoms with Crippen LogP contribution in [0.5, 0.6) is 0 Å². The van der Waals surface area contributed by atoms with Crippen molar-refractivity contribution in [3.63, 3.8) is 0 Å². The number of aryl methyl sites for hydroxylation is 1. The Balaban J connectivity index is 1.47. The van der Waals surface area contributed by atoms with Gasteiger partial charge in [0, 0.05) is 29.2 Å². The van der Waals surface area contributed by atoms with Gasteiger partial charge in [-0.3, -0.25) is 9.59 Å². The second kappa shape index (κ2) is 11.0. The fraction of sp³-hybridized carbons (Fsp3) is 0.125. The van der Waals surface area contributed by atoms with Crippen molar-refractivity contribution in [2.45, 2.75) is 25.3 Å². The lowest BCUT2D eigenvalue weighted by Crippen LogP contribution is -2.47. The summed E-state index contributed by atoms with van der Waals surface area (Å²) in [5.41, 5.74) is 5.45. The summed E-state index contributed by atoms with van der Waals surface area (Å²) in [4.78, 5) is 30.7. The predicted molar refractivity (Wildman–Crippen MR) is 148 cm³/mol. The van der Waals surface area contributed by atoms with Crippen molar-refractivity contribution in [2.75, 3.05) is 5.32 Å². The molecule has 1 aromatic heterocycles. The zero-order chi connectivity index (χ0) is 25.6. The zero-order valence-electron chi connectivity index (χ0n) is 20.6. The third-order valence-electron chi connectivity index (χ3n) is 6.55. The number of hydrogen-bond acceptors (Lipinski definition) is 2. The Bertz CT molecular complexity index is 1470. The first-order valence-corrected chi connectivity index (χ1v) is 12.4. The second-order valence-electron chi connectivity index (χ2n) is 9.24. The van der Waals surface area contributed by atoms with Gasteiger partial charge in [-0.1, -0.05) is 91.0 Å². The Hall–Kier alpha value is -4.64. The molecule has 0 spiro atoms. The molecule has 0 aliphatic heterocycles. The number of carbonyl (C=O) groups is 2. The number of benzene rings is 4. The molecule has 37 heavy (non-hydrogen) atoms. The minimum atomic E-state index is -0.776. The standard InChI is InChI=1S/C32H29N3O2/c1-22-11-10-16-26(19-22)34-31(36)29(20-25-21-33-28-18-9-8-17-27(25)28)35-32(37)30(23-12-4-2-5-13-23)24-14-6-3-7-15-24/h2-19,21,29-30,33H,20H2,1H3,(H,34,36)(H,35,37)/t29-/m1/s1. The highest BCUT2D eigenvalue weighted by atomic mass is 16.2. The summed E-state index contributed by atoms with van der Waals surface area (Å²) >= 11 is 0. The number of nitrogens with one attached hydrogen (secondary N) is 3. The van der Waals surface area contributed by atoms with Crippen LogP contribution in [-0.4, -0.2) is 22.8 Å². The largest absolute Gasteiger partial charge is 0.361 e. The summed E-state index contributed by atoms with van der Waals surface area (Å²) in [6, 6.07) is 34.2. The maximum absolute atomic E-state index is 13.9. The molecule has 0 saturated carbocycles. The summed E-state index contributed by atoms with van der Waals surface area (Å²) in [6.07, 6.45) is 2.26. The molecule has 2 amide bonds. The minimum absolute atomic E-state index is 0.221. The lowest BCUT2D eigenvalue weighted by molar-refractivity contribution is -0.126. The number of para-hydroxylation sites is 1. The monoisotopic (exact) mass is 487 g/mol. The maximum Gasteiger partial charge on any atom is 0.247 e. The summed E-state index contributed by atoms with van der Waals surface area (Å²) in [5.74, 6) is -1.02. The number of amides is 2. The summed E-state index contributed by atoms with van der Waals surface area (Å²) in [7, 11) is 0. The molecule has 3 N–H and O–H groups in total. The third-order valence-corrected chi connectivity index (χ3v) is 6.55. The van der Waals surface area contributed by atoms with Crippen LogP contribution in [0.15, 0.2) is 115 Å². The number of rotatable bonds is 8. The van der Waals surface area contributed by atoms with Crippen LogP contribution in [0.3, 0.4) is 0 Å². The highest BCUT2D eigenvalue weighted by Crippen LogP contribution is 2.26. The fourth-order valence-corrected chi connectivity index (χ4v) is 4.72. The minimum Gasteiger partial charge on any atom is -0.361 e. The average Bonchev–Trinajstić information content (AvgIpc) is 3.32. The van der Waals surface area contributed by atoms with Crippen LogP contribution in [0.2, 0.25) is 0 Å². The van der Waals surface area contributed by atoms with Crippen molar-refractivity contribution in [3.05, 3.63) is 138 Å². The van der Waals surface area contributed by atoms with E-state index in [0.717, 1.165) is 33.2 Å². The van der Waals surface area contributed by atoms with Gasteiger partial charge in [0.15, 0.2) is 0 Å². The zero-order valence-corrected chi connectivity index (χ0v) is 20.6. The molecule has 1 atom stereocenters. The highest BCUT2D eigenvalue weighted by Gasteiger charge is 2.28. The number of hydrogen-bond donors (Lipinski definition) is 3. The van der Waals surface area contributed by atoms with Crippen LogP contribution in [0.1, 0.15) is 28.2 Å². The van der Waals surface area contributed by atoms with Crippen LogP contribution in [0, 0.1) is 6.92 Å². The van der Waals surface area contributed by atoms with Gasteiger partial charge in [-0.05, 0) is 47.4 Å². The van der Waals surface area contributed by atoms with Crippen LogP contribution < -0.4 is 10.6 Å². The van der Waals surface area contributed by atoms with Gasteiger partial charge in [0.1, 0.15) is 6.04 Å². The van der Waals surface area contributed by atoms with Crippen molar-refractivity contribution in [1.82, 2.24) is 10.3 Å². The molecule has 0 aliphatic carbocycles. The van der Waals surface area contributed by atoms with E-state index in [2.05, 4.69) is 15.6 Å². The summed E-state index contributed by atoms with van der Waals surface area (Å²) < 4.78 is 0. The number of carbonyl (C=O) groups excluding carboxylic acids is 2. The SMILES string of the molecule is Cc1cccc(NC(=O)[C@@H](Cc2c[nH]c3ccccc23)NC(=O)C(c2ccccc2)c2ccccc2)c1. The molecule has 5 nitrogen and oxygen atoms in total. The predicted octanol–water partition coefficient (Wildman–Crippen LogP) is 5.97. The number of fused-ring (bicyclic) bond motifs is 1. The van der Waals surface area contributed by atoms with E-state index in [1.54, 1.807) is 0 Å². The molecule has 0 bridgehead atoms. The number of aromatic nitrogens is 1. The lowest BCUT2D eigenvalue weighted by Gasteiger charge is -2.23. The van der Waals surface area contributed by atoms with Crippen molar-refractivity contribution < 1.29 is 9.59 Å². The third kappa shape index (κ3) is 5.62.